The molecule has 1 heterocycles. The van der Waals surface area contributed by atoms with Crippen molar-refractivity contribution in [2.45, 2.75) is 38.0 Å². The molecule has 0 aliphatic carbocycles. The minimum absolute atomic E-state index is 0.0461. The lowest BCUT2D eigenvalue weighted by molar-refractivity contribution is -0.125. The van der Waals surface area contributed by atoms with Gasteiger partial charge in [-0.05, 0) is 26.7 Å². The predicted octanol–water partition coefficient (Wildman–Crippen LogP) is -0.0484. The monoisotopic (exact) mass is 278 g/mol. The fourth-order valence-electron chi connectivity index (χ4n) is 1.95. The summed E-state index contributed by atoms with van der Waals surface area (Å²) in [4.78, 5) is 11.3. The van der Waals surface area contributed by atoms with Gasteiger partial charge >= 0.3 is 0 Å². The molecule has 1 fully saturated rings. The van der Waals surface area contributed by atoms with Crippen LogP contribution < -0.4 is 5.32 Å². The van der Waals surface area contributed by atoms with Crippen LogP contribution in [0.4, 0.5) is 0 Å². The number of piperidine rings is 1. The largest absolute Gasteiger partial charge is 0.375 e. The third-order valence-corrected chi connectivity index (χ3v) is 5.33. The van der Waals surface area contributed by atoms with E-state index in [-0.39, 0.29) is 18.6 Å². The van der Waals surface area contributed by atoms with E-state index in [1.54, 1.807) is 13.8 Å². The molecule has 6 nitrogen and oxygen atoms in total. The molecule has 0 radical (unpaired) electrons. The Balaban J connectivity index is 2.44. The molecule has 0 unspecified atom stereocenters. The maximum absolute atomic E-state index is 11.9. The zero-order chi connectivity index (χ0) is 13.8. The standard InChI is InChI=1S/C11H22N2O4S/c1-9(2)18(15,16)13-6-4-10(5-7-13)12-11(14)8-17-3/h9-10H,4-8H2,1-3H3,(H,12,14). The summed E-state index contributed by atoms with van der Waals surface area (Å²) in [5.74, 6) is -0.150. The van der Waals surface area contributed by atoms with Crippen LogP contribution in [-0.2, 0) is 19.6 Å². The summed E-state index contributed by atoms with van der Waals surface area (Å²) in [6.45, 7) is 4.35. The van der Waals surface area contributed by atoms with Crippen LogP contribution in [0.25, 0.3) is 0 Å². The fourth-order valence-corrected chi connectivity index (χ4v) is 3.27. The molecular weight excluding hydrogens is 256 g/mol. The Morgan fingerprint density at radius 1 is 1.39 bits per heavy atom. The van der Waals surface area contributed by atoms with Gasteiger partial charge in [0.25, 0.3) is 0 Å². The van der Waals surface area contributed by atoms with E-state index in [1.165, 1.54) is 11.4 Å². The van der Waals surface area contributed by atoms with E-state index in [0.29, 0.717) is 25.9 Å². The zero-order valence-electron chi connectivity index (χ0n) is 11.2. The van der Waals surface area contributed by atoms with E-state index in [2.05, 4.69) is 5.32 Å². The van der Waals surface area contributed by atoms with Gasteiger partial charge < -0.3 is 10.1 Å². The van der Waals surface area contributed by atoms with Gasteiger partial charge in [-0.25, -0.2) is 12.7 Å². The van der Waals surface area contributed by atoms with Crippen molar-refractivity contribution in [2.24, 2.45) is 0 Å². The van der Waals surface area contributed by atoms with E-state index >= 15 is 0 Å². The smallest absolute Gasteiger partial charge is 0.246 e. The van der Waals surface area contributed by atoms with Gasteiger partial charge in [-0.15, -0.1) is 0 Å². The molecule has 1 aliphatic rings. The first-order valence-electron chi connectivity index (χ1n) is 6.15. The number of nitrogens with zero attached hydrogens (tertiary/aromatic N) is 1. The first kappa shape index (κ1) is 15.4. The summed E-state index contributed by atoms with van der Waals surface area (Å²) in [6, 6.07) is 0.0475. The Morgan fingerprint density at radius 3 is 2.39 bits per heavy atom. The van der Waals surface area contributed by atoms with Crippen molar-refractivity contribution in [3.8, 4) is 0 Å². The number of methoxy groups -OCH3 is 1. The summed E-state index contributed by atoms with van der Waals surface area (Å²) in [7, 11) is -1.70. The lowest BCUT2D eigenvalue weighted by Crippen LogP contribution is -2.48. The molecule has 1 aliphatic heterocycles. The van der Waals surface area contributed by atoms with Crippen molar-refractivity contribution in [3.05, 3.63) is 0 Å². The van der Waals surface area contributed by atoms with Gasteiger partial charge in [0.15, 0.2) is 0 Å². The average molecular weight is 278 g/mol. The van der Waals surface area contributed by atoms with Crippen LogP contribution in [0, 0.1) is 0 Å². The van der Waals surface area contributed by atoms with Crippen LogP contribution >= 0.6 is 0 Å². The van der Waals surface area contributed by atoms with E-state index < -0.39 is 15.3 Å². The number of hydrogen-bond acceptors (Lipinski definition) is 4. The lowest BCUT2D eigenvalue weighted by atomic mass is 10.1. The van der Waals surface area contributed by atoms with Crippen molar-refractivity contribution in [1.29, 1.82) is 0 Å². The SMILES string of the molecule is COCC(=O)NC1CCN(S(=O)(=O)C(C)C)CC1. The number of ether oxygens (including phenoxy) is 1. The Morgan fingerprint density at radius 2 is 1.94 bits per heavy atom. The quantitative estimate of drug-likeness (QED) is 0.765. The van der Waals surface area contributed by atoms with Crippen LogP contribution in [0.3, 0.4) is 0 Å². The first-order chi connectivity index (χ1) is 8.37. The highest BCUT2D eigenvalue weighted by atomic mass is 32.2. The molecule has 0 bridgehead atoms. The Hall–Kier alpha value is -0.660. The average Bonchev–Trinajstić information content (AvgIpc) is 2.29. The highest BCUT2D eigenvalue weighted by molar-refractivity contribution is 7.89. The Labute approximate surface area is 109 Å². The highest BCUT2D eigenvalue weighted by Crippen LogP contribution is 2.17. The molecule has 106 valence electrons. The van der Waals surface area contributed by atoms with Gasteiger partial charge in [0.1, 0.15) is 6.61 Å². The zero-order valence-corrected chi connectivity index (χ0v) is 12.0. The van der Waals surface area contributed by atoms with Crippen LogP contribution in [0.2, 0.25) is 0 Å². The minimum Gasteiger partial charge on any atom is -0.375 e. The Kier molecular flexibility index (Phi) is 5.55. The molecule has 0 aromatic heterocycles. The van der Waals surface area contributed by atoms with Crippen LogP contribution in [-0.4, -0.2) is 56.7 Å². The second kappa shape index (κ2) is 6.49. The summed E-state index contributed by atoms with van der Waals surface area (Å²) in [5.41, 5.74) is 0. The highest BCUT2D eigenvalue weighted by Gasteiger charge is 2.30. The third kappa shape index (κ3) is 3.93. The van der Waals surface area contributed by atoms with Gasteiger partial charge in [0.2, 0.25) is 15.9 Å². The Bertz CT molecular complexity index is 373. The summed E-state index contributed by atoms with van der Waals surface area (Å²) in [5, 5.41) is 2.44. The third-order valence-electron chi connectivity index (χ3n) is 3.05. The molecule has 1 rings (SSSR count). The van der Waals surface area contributed by atoms with Gasteiger partial charge in [-0.2, -0.15) is 0 Å². The minimum atomic E-state index is -3.17. The van der Waals surface area contributed by atoms with E-state index in [4.69, 9.17) is 4.74 Å². The maximum atomic E-state index is 11.9. The topological polar surface area (TPSA) is 75.7 Å². The normalized spacial score (nSPS) is 19.1. The molecule has 0 saturated carbocycles. The van der Waals surface area contributed by atoms with E-state index in [9.17, 15) is 13.2 Å². The molecule has 0 spiro atoms. The molecule has 0 aromatic carbocycles. The lowest BCUT2D eigenvalue weighted by Gasteiger charge is -2.32. The molecular formula is C11H22N2O4S. The summed E-state index contributed by atoms with van der Waals surface area (Å²) >= 11 is 0. The molecule has 18 heavy (non-hydrogen) atoms. The van der Waals surface area contributed by atoms with Crippen molar-refractivity contribution in [1.82, 2.24) is 9.62 Å². The number of sulfonamides is 1. The summed E-state index contributed by atoms with van der Waals surface area (Å²) in [6.07, 6.45) is 1.31. The fraction of sp³-hybridized carbons (Fsp3) is 0.909. The molecule has 1 N–H and O–H groups in total. The van der Waals surface area contributed by atoms with Crippen molar-refractivity contribution in [3.63, 3.8) is 0 Å². The maximum Gasteiger partial charge on any atom is 0.246 e. The molecule has 7 heteroatoms. The first-order valence-corrected chi connectivity index (χ1v) is 7.65. The number of nitrogens with one attached hydrogen (secondary N) is 1. The van der Waals surface area contributed by atoms with Gasteiger partial charge in [-0.3, -0.25) is 4.79 Å². The van der Waals surface area contributed by atoms with Crippen molar-refractivity contribution >= 4 is 15.9 Å². The second-order valence-electron chi connectivity index (χ2n) is 4.77. The van der Waals surface area contributed by atoms with Gasteiger partial charge in [-0.1, -0.05) is 0 Å². The molecule has 1 saturated heterocycles. The second-order valence-corrected chi connectivity index (χ2v) is 7.26. The predicted molar refractivity (Wildman–Crippen MR) is 68.7 cm³/mol. The van der Waals surface area contributed by atoms with E-state index in [1.807, 2.05) is 0 Å². The van der Waals surface area contributed by atoms with Crippen LogP contribution in [0.1, 0.15) is 26.7 Å². The van der Waals surface area contributed by atoms with Crippen LogP contribution in [0.15, 0.2) is 0 Å². The van der Waals surface area contributed by atoms with Gasteiger partial charge in [0, 0.05) is 26.2 Å². The van der Waals surface area contributed by atoms with Crippen molar-refractivity contribution < 1.29 is 17.9 Å². The number of amides is 1. The van der Waals surface area contributed by atoms with Crippen LogP contribution in [0.5, 0.6) is 0 Å². The van der Waals surface area contributed by atoms with Gasteiger partial charge in [0.05, 0.1) is 5.25 Å². The number of carbonyl (C=O) groups excluding carboxylic acids is 1. The number of rotatable bonds is 5. The summed E-state index contributed by atoms with van der Waals surface area (Å²) < 4.78 is 30.1. The molecule has 1 amide bonds. The van der Waals surface area contributed by atoms with Crippen molar-refractivity contribution in [2.75, 3.05) is 26.8 Å². The molecule has 0 aromatic rings. The molecule has 0 atom stereocenters. The number of hydrogen-bond donors (Lipinski definition) is 1. The number of carbonyl (C=O) groups is 1. The van der Waals surface area contributed by atoms with E-state index in [0.717, 1.165) is 0 Å².